The lowest BCUT2D eigenvalue weighted by molar-refractivity contribution is -0.143. The largest absolute Gasteiger partial charge is 0.480 e. The van der Waals surface area contributed by atoms with Crippen LogP contribution in [-0.4, -0.2) is 30.2 Å². The zero-order chi connectivity index (χ0) is 14.3. The van der Waals surface area contributed by atoms with E-state index in [-0.39, 0.29) is 18.6 Å². The molecule has 0 aliphatic heterocycles. The fraction of sp³-hybridized carbons (Fsp3) is 0.385. The van der Waals surface area contributed by atoms with Gasteiger partial charge in [-0.2, -0.15) is 0 Å². The van der Waals surface area contributed by atoms with Gasteiger partial charge in [0, 0.05) is 5.02 Å². The molecule has 1 amide bonds. The number of ether oxygens (including phenoxy) is 1. The maximum atomic E-state index is 11.6. The zero-order valence-corrected chi connectivity index (χ0v) is 11.3. The molecular formula is C13H16ClNO4. The zero-order valence-electron chi connectivity index (χ0n) is 10.6. The molecule has 0 aromatic heterocycles. The fourth-order valence-corrected chi connectivity index (χ4v) is 1.71. The Hall–Kier alpha value is -1.59. The van der Waals surface area contributed by atoms with E-state index in [9.17, 15) is 9.59 Å². The van der Waals surface area contributed by atoms with E-state index in [4.69, 9.17) is 21.4 Å². The summed E-state index contributed by atoms with van der Waals surface area (Å²) >= 11 is 5.80. The van der Waals surface area contributed by atoms with Crippen LogP contribution in [0.3, 0.4) is 0 Å². The van der Waals surface area contributed by atoms with Crippen LogP contribution in [0.15, 0.2) is 24.3 Å². The number of hydrogen-bond acceptors (Lipinski definition) is 3. The number of benzene rings is 1. The number of aliphatic carboxylic acids is 1. The number of halogens is 1. The number of nitrogens with one attached hydrogen (secondary N) is 1. The first-order valence-electron chi connectivity index (χ1n) is 5.87. The van der Waals surface area contributed by atoms with Crippen LogP contribution in [0.4, 0.5) is 0 Å². The van der Waals surface area contributed by atoms with E-state index >= 15 is 0 Å². The van der Waals surface area contributed by atoms with Crippen molar-refractivity contribution < 1.29 is 19.4 Å². The molecule has 1 aromatic rings. The summed E-state index contributed by atoms with van der Waals surface area (Å²) in [6.07, 6.45) is 0.715. The molecule has 6 heteroatoms. The second kappa shape index (κ2) is 7.76. The van der Waals surface area contributed by atoms with Crippen molar-refractivity contribution in [3.05, 3.63) is 34.9 Å². The predicted octanol–water partition coefficient (Wildman–Crippen LogP) is 2.01. The average molecular weight is 286 g/mol. The van der Waals surface area contributed by atoms with Crippen LogP contribution in [0.2, 0.25) is 5.02 Å². The van der Waals surface area contributed by atoms with Gasteiger partial charge in [0.25, 0.3) is 0 Å². The van der Waals surface area contributed by atoms with Gasteiger partial charge in [0.2, 0.25) is 5.91 Å². The highest BCUT2D eigenvalue weighted by Gasteiger charge is 2.13. The highest BCUT2D eigenvalue weighted by molar-refractivity contribution is 6.30. The molecule has 19 heavy (non-hydrogen) atoms. The topological polar surface area (TPSA) is 75.6 Å². The average Bonchev–Trinajstić information content (AvgIpc) is 2.36. The van der Waals surface area contributed by atoms with Crippen LogP contribution in [0, 0.1) is 0 Å². The Bertz CT molecular complexity index is 433. The first-order chi connectivity index (χ1) is 9.02. The number of carboxylic acids is 1. The van der Waals surface area contributed by atoms with Crippen molar-refractivity contribution in [1.29, 1.82) is 0 Å². The number of hydrogen-bond donors (Lipinski definition) is 2. The summed E-state index contributed by atoms with van der Waals surface area (Å²) in [5, 5.41) is 11.8. The van der Waals surface area contributed by atoms with Gasteiger partial charge in [0.15, 0.2) is 0 Å². The first-order valence-corrected chi connectivity index (χ1v) is 6.25. The summed E-state index contributed by atoms with van der Waals surface area (Å²) in [5.74, 6) is -1.44. The Morgan fingerprint density at radius 1 is 1.32 bits per heavy atom. The van der Waals surface area contributed by atoms with E-state index in [1.165, 1.54) is 0 Å². The lowest BCUT2D eigenvalue weighted by Gasteiger charge is -2.17. The van der Waals surface area contributed by atoms with Gasteiger partial charge < -0.3 is 15.2 Å². The number of carbonyl (C=O) groups excluding carboxylic acids is 1. The quantitative estimate of drug-likeness (QED) is 0.803. The Morgan fingerprint density at radius 3 is 2.47 bits per heavy atom. The maximum absolute atomic E-state index is 11.6. The van der Waals surface area contributed by atoms with E-state index in [1.54, 1.807) is 12.1 Å². The molecule has 0 spiro atoms. The summed E-state index contributed by atoms with van der Waals surface area (Å²) in [6, 6.07) is 7.06. The molecule has 1 unspecified atom stereocenters. The first kappa shape index (κ1) is 15.5. The normalized spacial score (nSPS) is 11.9. The Balaban J connectivity index is 2.50. The van der Waals surface area contributed by atoms with Gasteiger partial charge in [-0.25, -0.2) is 4.79 Å². The smallest absolute Gasteiger partial charge is 0.329 e. The third kappa shape index (κ3) is 5.72. The molecule has 1 aromatic carbocycles. The lowest BCUT2D eigenvalue weighted by Crippen LogP contribution is -2.32. The van der Waals surface area contributed by atoms with Gasteiger partial charge >= 0.3 is 5.97 Å². The van der Waals surface area contributed by atoms with E-state index in [2.05, 4.69) is 5.32 Å². The molecular weight excluding hydrogens is 270 g/mol. The summed E-state index contributed by atoms with van der Waals surface area (Å²) < 4.78 is 4.72. The Labute approximate surface area is 116 Å². The SMILES string of the molecule is CCC(NC(=O)COCC(=O)O)c1ccc(Cl)cc1. The van der Waals surface area contributed by atoms with Gasteiger partial charge in [-0.1, -0.05) is 30.7 Å². The molecule has 0 fully saturated rings. The summed E-state index contributed by atoms with van der Waals surface area (Å²) in [6.45, 7) is 1.19. The van der Waals surface area contributed by atoms with Gasteiger partial charge in [-0.05, 0) is 24.1 Å². The number of rotatable bonds is 7. The Morgan fingerprint density at radius 2 is 1.95 bits per heavy atom. The monoisotopic (exact) mass is 285 g/mol. The predicted molar refractivity (Wildman–Crippen MR) is 71.1 cm³/mol. The van der Waals surface area contributed by atoms with Gasteiger partial charge in [0.05, 0.1) is 6.04 Å². The van der Waals surface area contributed by atoms with Crippen LogP contribution in [0.1, 0.15) is 24.9 Å². The van der Waals surface area contributed by atoms with E-state index in [0.717, 1.165) is 5.56 Å². The number of amides is 1. The lowest BCUT2D eigenvalue weighted by atomic mass is 10.0. The third-order valence-corrected chi connectivity index (χ3v) is 2.73. The van der Waals surface area contributed by atoms with Crippen LogP contribution in [0.25, 0.3) is 0 Å². The van der Waals surface area contributed by atoms with Crippen molar-refractivity contribution in [2.24, 2.45) is 0 Å². The molecule has 0 bridgehead atoms. The molecule has 0 saturated carbocycles. The molecule has 0 heterocycles. The summed E-state index contributed by atoms with van der Waals surface area (Å²) in [7, 11) is 0. The standard InChI is InChI=1S/C13H16ClNO4/c1-2-11(9-3-5-10(14)6-4-9)15-12(16)7-19-8-13(17)18/h3-6,11H,2,7-8H2,1H3,(H,15,16)(H,17,18). The van der Waals surface area contributed by atoms with Crippen molar-refractivity contribution in [3.8, 4) is 0 Å². The van der Waals surface area contributed by atoms with Crippen LogP contribution < -0.4 is 5.32 Å². The molecule has 2 N–H and O–H groups in total. The van der Waals surface area contributed by atoms with Crippen molar-refractivity contribution in [3.63, 3.8) is 0 Å². The van der Waals surface area contributed by atoms with Crippen molar-refractivity contribution in [2.45, 2.75) is 19.4 Å². The second-order valence-corrected chi connectivity index (χ2v) is 4.40. The van der Waals surface area contributed by atoms with Crippen LogP contribution >= 0.6 is 11.6 Å². The molecule has 1 atom stereocenters. The molecule has 5 nitrogen and oxygen atoms in total. The maximum Gasteiger partial charge on any atom is 0.329 e. The molecule has 0 aliphatic carbocycles. The Kier molecular flexibility index (Phi) is 6.32. The number of carbonyl (C=O) groups is 2. The third-order valence-electron chi connectivity index (χ3n) is 2.47. The fourth-order valence-electron chi connectivity index (χ4n) is 1.58. The van der Waals surface area contributed by atoms with Crippen molar-refractivity contribution in [1.82, 2.24) is 5.32 Å². The minimum Gasteiger partial charge on any atom is -0.480 e. The van der Waals surface area contributed by atoms with E-state index < -0.39 is 12.6 Å². The number of carboxylic acid groups (broad SMARTS) is 1. The highest BCUT2D eigenvalue weighted by atomic mass is 35.5. The summed E-state index contributed by atoms with van der Waals surface area (Å²) in [5.41, 5.74) is 0.943. The van der Waals surface area contributed by atoms with Gasteiger partial charge in [-0.15, -0.1) is 0 Å². The second-order valence-electron chi connectivity index (χ2n) is 3.97. The molecule has 1 rings (SSSR count). The molecule has 104 valence electrons. The molecule has 0 aliphatic rings. The van der Waals surface area contributed by atoms with Crippen LogP contribution in [0.5, 0.6) is 0 Å². The van der Waals surface area contributed by atoms with E-state index in [0.29, 0.717) is 11.4 Å². The van der Waals surface area contributed by atoms with E-state index in [1.807, 2.05) is 19.1 Å². The molecule has 0 saturated heterocycles. The van der Waals surface area contributed by atoms with Crippen molar-refractivity contribution in [2.75, 3.05) is 13.2 Å². The summed E-state index contributed by atoms with van der Waals surface area (Å²) in [4.78, 5) is 21.8. The van der Waals surface area contributed by atoms with Gasteiger partial charge in [0.1, 0.15) is 13.2 Å². The highest BCUT2D eigenvalue weighted by Crippen LogP contribution is 2.18. The van der Waals surface area contributed by atoms with Crippen LogP contribution in [-0.2, 0) is 14.3 Å². The minimum absolute atomic E-state index is 0.141. The van der Waals surface area contributed by atoms with Gasteiger partial charge in [-0.3, -0.25) is 4.79 Å². The minimum atomic E-state index is -1.10. The van der Waals surface area contributed by atoms with Crippen molar-refractivity contribution >= 4 is 23.5 Å². The molecule has 0 radical (unpaired) electrons.